The molecule has 96 valence electrons. The predicted molar refractivity (Wildman–Crippen MR) is 72.1 cm³/mol. The summed E-state index contributed by atoms with van der Waals surface area (Å²) in [6, 6.07) is 7.92. The van der Waals surface area contributed by atoms with Gasteiger partial charge in [-0.3, -0.25) is 0 Å². The van der Waals surface area contributed by atoms with Gasteiger partial charge in [-0.2, -0.15) is 0 Å². The highest BCUT2D eigenvalue weighted by Crippen LogP contribution is 2.15. The lowest BCUT2D eigenvalue weighted by atomic mass is 10.0. The van der Waals surface area contributed by atoms with Gasteiger partial charge in [0, 0.05) is 24.7 Å². The number of hydrogen-bond donors (Lipinski definition) is 2. The Balaban J connectivity index is 2.55. The van der Waals surface area contributed by atoms with Crippen LogP contribution in [0.5, 0.6) is 5.75 Å². The molecule has 1 aromatic rings. The number of nitrogens with zero attached hydrogens (tertiary/aromatic N) is 1. The second-order valence-corrected chi connectivity index (χ2v) is 5.12. The fourth-order valence-electron chi connectivity index (χ4n) is 1.81. The number of benzene rings is 1. The highest BCUT2D eigenvalue weighted by Gasteiger charge is 2.14. The Morgan fingerprint density at radius 1 is 1.24 bits per heavy atom. The van der Waals surface area contributed by atoms with Crippen molar-refractivity contribution in [2.24, 2.45) is 5.92 Å². The molecule has 1 atom stereocenters. The lowest BCUT2D eigenvalue weighted by Crippen LogP contribution is -2.41. The van der Waals surface area contributed by atoms with Crippen LogP contribution in [0.15, 0.2) is 24.3 Å². The number of likely N-dealkylation sites (N-methyl/N-ethyl adjacent to an activating group) is 1. The maximum Gasteiger partial charge on any atom is 0.120 e. The lowest BCUT2D eigenvalue weighted by Gasteiger charge is -2.26. The van der Waals surface area contributed by atoms with Crippen LogP contribution in [0.4, 0.5) is 0 Å². The largest absolute Gasteiger partial charge is 0.508 e. The van der Waals surface area contributed by atoms with Crippen molar-refractivity contribution in [1.29, 1.82) is 0 Å². The van der Waals surface area contributed by atoms with Gasteiger partial charge < -0.3 is 15.3 Å². The molecular weight excluding hydrogens is 212 g/mol. The highest BCUT2D eigenvalue weighted by atomic mass is 16.3. The molecule has 1 aromatic carbocycles. The maximum atomic E-state index is 9.69. The Bertz CT molecular complexity index is 337. The Morgan fingerprint density at radius 2 is 1.88 bits per heavy atom. The molecule has 0 bridgehead atoms. The molecule has 0 aromatic heterocycles. The van der Waals surface area contributed by atoms with Crippen LogP contribution in [-0.4, -0.2) is 36.7 Å². The standard InChI is InChI=1S/C14H24N2O/c1-11(2)13(10-16(3)4)15-9-12-7-5-6-8-14(12)17/h5-8,11,13,15,17H,9-10H2,1-4H3. The monoisotopic (exact) mass is 236 g/mol. The second kappa shape index (κ2) is 6.62. The topological polar surface area (TPSA) is 35.5 Å². The van der Waals surface area contributed by atoms with E-state index in [1.54, 1.807) is 6.07 Å². The van der Waals surface area contributed by atoms with E-state index >= 15 is 0 Å². The molecule has 0 aliphatic carbocycles. The van der Waals surface area contributed by atoms with Crippen LogP contribution < -0.4 is 5.32 Å². The molecule has 0 fully saturated rings. The number of para-hydroxylation sites is 1. The first-order valence-electron chi connectivity index (χ1n) is 6.15. The second-order valence-electron chi connectivity index (χ2n) is 5.12. The van der Waals surface area contributed by atoms with E-state index in [0.717, 1.165) is 12.1 Å². The molecule has 0 amide bonds. The quantitative estimate of drug-likeness (QED) is 0.793. The zero-order valence-electron chi connectivity index (χ0n) is 11.3. The minimum Gasteiger partial charge on any atom is -0.508 e. The van der Waals surface area contributed by atoms with Crippen molar-refractivity contribution < 1.29 is 5.11 Å². The van der Waals surface area contributed by atoms with Crippen LogP contribution >= 0.6 is 0 Å². The van der Waals surface area contributed by atoms with Crippen molar-refractivity contribution in [2.75, 3.05) is 20.6 Å². The van der Waals surface area contributed by atoms with E-state index in [1.807, 2.05) is 18.2 Å². The Hall–Kier alpha value is -1.06. The molecule has 3 nitrogen and oxygen atoms in total. The smallest absolute Gasteiger partial charge is 0.120 e. The van der Waals surface area contributed by atoms with Gasteiger partial charge in [-0.15, -0.1) is 0 Å². The van der Waals surface area contributed by atoms with Crippen molar-refractivity contribution in [3.8, 4) is 5.75 Å². The van der Waals surface area contributed by atoms with Gasteiger partial charge in [-0.05, 0) is 26.1 Å². The molecular formula is C14H24N2O. The summed E-state index contributed by atoms with van der Waals surface area (Å²) in [6.45, 7) is 6.15. The van der Waals surface area contributed by atoms with Crippen LogP contribution in [0.25, 0.3) is 0 Å². The van der Waals surface area contributed by atoms with Crippen molar-refractivity contribution >= 4 is 0 Å². The summed E-state index contributed by atoms with van der Waals surface area (Å²) in [5.41, 5.74) is 0.955. The lowest BCUT2D eigenvalue weighted by molar-refractivity contribution is 0.287. The van der Waals surface area contributed by atoms with E-state index in [4.69, 9.17) is 0 Å². The van der Waals surface area contributed by atoms with Crippen molar-refractivity contribution in [3.05, 3.63) is 29.8 Å². The highest BCUT2D eigenvalue weighted by molar-refractivity contribution is 5.31. The van der Waals surface area contributed by atoms with Gasteiger partial charge in [0.25, 0.3) is 0 Å². The summed E-state index contributed by atoms with van der Waals surface area (Å²) in [5.74, 6) is 0.940. The van der Waals surface area contributed by atoms with E-state index in [1.165, 1.54) is 0 Å². The molecule has 0 saturated carbocycles. The van der Waals surface area contributed by atoms with Crippen LogP contribution in [-0.2, 0) is 6.54 Å². The predicted octanol–water partition coefficient (Wildman–Crippen LogP) is 2.07. The minimum absolute atomic E-state index is 0.368. The third-order valence-electron chi connectivity index (χ3n) is 2.91. The summed E-state index contributed by atoms with van der Waals surface area (Å²) in [7, 11) is 4.16. The first-order chi connectivity index (χ1) is 8.00. The molecule has 3 heteroatoms. The number of rotatable bonds is 6. The molecule has 0 aliphatic heterocycles. The number of aromatic hydroxyl groups is 1. The molecule has 1 rings (SSSR count). The molecule has 0 aliphatic rings. The summed E-state index contributed by atoms with van der Waals surface area (Å²) in [4.78, 5) is 2.18. The average molecular weight is 236 g/mol. The van der Waals surface area contributed by atoms with E-state index in [-0.39, 0.29) is 0 Å². The molecule has 1 unspecified atom stereocenters. The SMILES string of the molecule is CC(C)C(CN(C)C)NCc1ccccc1O. The third kappa shape index (κ3) is 4.75. The van der Waals surface area contributed by atoms with Crippen LogP contribution in [0.1, 0.15) is 19.4 Å². The Kier molecular flexibility index (Phi) is 5.45. The van der Waals surface area contributed by atoms with Gasteiger partial charge >= 0.3 is 0 Å². The average Bonchev–Trinajstić information content (AvgIpc) is 2.25. The fraction of sp³-hybridized carbons (Fsp3) is 0.571. The number of hydrogen-bond acceptors (Lipinski definition) is 3. The summed E-state index contributed by atoms with van der Waals surface area (Å²) < 4.78 is 0. The minimum atomic E-state index is 0.368. The van der Waals surface area contributed by atoms with Crippen LogP contribution in [0.2, 0.25) is 0 Å². The van der Waals surface area contributed by atoms with E-state index in [2.05, 4.69) is 38.2 Å². The van der Waals surface area contributed by atoms with Crippen LogP contribution in [0.3, 0.4) is 0 Å². The summed E-state index contributed by atoms with van der Waals surface area (Å²) >= 11 is 0. The van der Waals surface area contributed by atoms with E-state index < -0.39 is 0 Å². The van der Waals surface area contributed by atoms with Crippen molar-refractivity contribution in [1.82, 2.24) is 10.2 Å². The number of nitrogens with one attached hydrogen (secondary N) is 1. The van der Waals surface area contributed by atoms with Crippen LogP contribution in [0, 0.1) is 5.92 Å². The molecule has 0 heterocycles. The first kappa shape index (κ1) is 14.0. The number of phenols is 1. The Morgan fingerprint density at radius 3 is 2.41 bits per heavy atom. The van der Waals surface area contributed by atoms with Crippen molar-refractivity contribution in [2.45, 2.75) is 26.4 Å². The van der Waals surface area contributed by atoms with Gasteiger partial charge in [-0.25, -0.2) is 0 Å². The Labute approximate surface area is 104 Å². The zero-order valence-corrected chi connectivity index (χ0v) is 11.3. The molecule has 17 heavy (non-hydrogen) atoms. The molecule has 0 spiro atoms. The summed E-state index contributed by atoms with van der Waals surface area (Å²) in [6.07, 6.45) is 0. The van der Waals surface area contributed by atoms with Gasteiger partial charge in [0.15, 0.2) is 0 Å². The van der Waals surface area contributed by atoms with Gasteiger partial charge in [0.2, 0.25) is 0 Å². The molecule has 2 N–H and O–H groups in total. The molecule has 0 saturated heterocycles. The van der Waals surface area contributed by atoms with Gasteiger partial charge in [-0.1, -0.05) is 32.0 Å². The normalized spacial score (nSPS) is 13.3. The third-order valence-corrected chi connectivity index (χ3v) is 2.91. The first-order valence-corrected chi connectivity index (χ1v) is 6.15. The number of phenolic OH excluding ortho intramolecular Hbond substituents is 1. The fourth-order valence-corrected chi connectivity index (χ4v) is 1.81. The maximum absolute atomic E-state index is 9.69. The van der Waals surface area contributed by atoms with E-state index in [0.29, 0.717) is 24.3 Å². The zero-order chi connectivity index (χ0) is 12.8. The molecule has 0 radical (unpaired) electrons. The van der Waals surface area contributed by atoms with Gasteiger partial charge in [0.1, 0.15) is 5.75 Å². The van der Waals surface area contributed by atoms with E-state index in [9.17, 15) is 5.11 Å². The van der Waals surface area contributed by atoms with Crippen molar-refractivity contribution in [3.63, 3.8) is 0 Å². The van der Waals surface area contributed by atoms with Gasteiger partial charge in [0.05, 0.1) is 0 Å². The summed E-state index contributed by atoms with van der Waals surface area (Å²) in [5, 5.41) is 13.2.